The van der Waals surface area contributed by atoms with Crippen LogP contribution in [-0.4, -0.2) is 4.98 Å². The highest BCUT2D eigenvalue weighted by atomic mass is 127. The maximum atomic E-state index is 11.9. The van der Waals surface area contributed by atoms with Crippen molar-refractivity contribution < 1.29 is 0 Å². The van der Waals surface area contributed by atoms with Gasteiger partial charge in [0, 0.05) is 21.1 Å². The molecule has 4 heteroatoms. The molecule has 0 radical (unpaired) electrons. The number of rotatable bonds is 0. The molecular formula is C10H7BrINO. The highest BCUT2D eigenvalue weighted by molar-refractivity contribution is 14.1. The van der Waals surface area contributed by atoms with Crippen molar-refractivity contribution in [2.75, 3.05) is 0 Å². The van der Waals surface area contributed by atoms with Crippen LogP contribution in [0.3, 0.4) is 0 Å². The predicted molar refractivity (Wildman–Crippen MR) is 69.7 cm³/mol. The molecule has 1 heterocycles. The lowest BCUT2D eigenvalue weighted by atomic mass is 10.2. The number of aryl methyl sites for hydroxylation is 1. The van der Waals surface area contributed by atoms with E-state index in [0.717, 1.165) is 24.6 Å². The average Bonchev–Trinajstić information content (AvgIpc) is 2.16. The Hall–Kier alpha value is -0.360. The van der Waals surface area contributed by atoms with Crippen molar-refractivity contribution >= 4 is 49.4 Å². The monoisotopic (exact) mass is 363 g/mol. The summed E-state index contributed by atoms with van der Waals surface area (Å²) in [5.41, 5.74) is 1.90. The second-order valence-electron chi connectivity index (χ2n) is 3.08. The topological polar surface area (TPSA) is 32.9 Å². The minimum atomic E-state index is 0.0955. The lowest BCUT2D eigenvalue weighted by Crippen LogP contribution is -2.09. The van der Waals surface area contributed by atoms with Crippen LogP contribution in [-0.2, 0) is 0 Å². The molecule has 2 rings (SSSR count). The first kappa shape index (κ1) is 10.2. The number of aromatic nitrogens is 1. The maximum Gasteiger partial charge on any atom is 0.202 e. The molecule has 0 unspecified atom stereocenters. The second-order valence-corrected chi connectivity index (χ2v) is 5.08. The summed E-state index contributed by atoms with van der Waals surface area (Å²) in [6.45, 7) is 1.91. The first-order valence-corrected chi connectivity index (χ1v) is 5.94. The highest BCUT2D eigenvalue weighted by Gasteiger charge is 2.06. The molecule has 0 aliphatic heterocycles. The molecule has 0 spiro atoms. The van der Waals surface area contributed by atoms with Gasteiger partial charge in [-0.1, -0.05) is 15.9 Å². The Bertz CT molecular complexity index is 562. The van der Waals surface area contributed by atoms with E-state index in [1.807, 2.05) is 25.1 Å². The largest absolute Gasteiger partial charge is 0.358 e. The van der Waals surface area contributed by atoms with E-state index in [4.69, 9.17) is 0 Å². The molecule has 0 atom stereocenters. The molecular weight excluding hydrogens is 357 g/mol. The molecule has 0 saturated heterocycles. The minimum Gasteiger partial charge on any atom is -0.358 e. The molecule has 0 amide bonds. The fourth-order valence-corrected chi connectivity index (χ4v) is 2.15. The van der Waals surface area contributed by atoms with Crippen molar-refractivity contribution in [3.05, 3.63) is 42.2 Å². The van der Waals surface area contributed by atoms with Crippen LogP contribution in [0, 0.1) is 10.5 Å². The first-order chi connectivity index (χ1) is 6.59. The van der Waals surface area contributed by atoms with Crippen molar-refractivity contribution in [1.29, 1.82) is 0 Å². The average molecular weight is 364 g/mol. The quantitative estimate of drug-likeness (QED) is 0.716. The number of pyridine rings is 1. The zero-order valence-corrected chi connectivity index (χ0v) is 11.1. The van der Waals surface area contributed by atoms with E-state index < -0.39 is 0 Å². The van der Waals surface area contributed by atoms with E-state index in [0.29, 0.717) is 0 Å². The summed E-state index contributed by atoms with van der Waals surface area (Å²) in [6.07, 6.45) is 0. The fourth-order valence-electron chi connectivity index (χ4n) is 1.36. The summed E-state index contributed by atoms with van der Waals surface area (Å²) in [5, 5.41) is 0.731. The van der Waals surface area contributed by atoms with Crippen molar-refractivity contribution in [2.45, 2.75) is 6.92 Å². The molecule has 14 heavy (non-hydrogen) atoms. The zero-order chi connectivity index (χ0) is 10.3. The lowest BCUT2D eigenvalue weighted by molar-refractivity contribution is 1.21. The van der Waals surface area contributed by atoms with Crippen LogP contribution >= 0.6 is 38.5 Å². The Kier molecular flexibility index (Phi) is 2.66. The van der Waals surface area contributed by atoms with Crippen LogP contribution in [0.2, 0.25) is 0 Å². The van der Waals surface area contributed by atoms with Gasteiger partial charge >= 0.3 is 0 Å². The number of hydrogen-bond acceptors (Lipinski definition) is 1. The molecule has 72 valence electrons. The standard InChI is InChI=1S/C10H7BrINO/c1-5-9(12)10(14)7-4-6(11)2-3-8(7)13-5/h2-4H,1H3,(H,13,14). The van der Waals surface area contributed by atoms with Crippen LogP contribution in [0.1, 0.15) is 5.69 Å². The lowest BCUT2D eigenvalue weighted by Gasteiger charge is -2.02. The van der Waals surface area contributed by atoms with Crippen molar-refractivity contribution in [1.82, 2.24) is 4.98 Å². The summed E-state index contributed by atoms with van der Waals surface area (Å²) < 4.78 is 1.68. The summed E-state index contributed by atoms with van der Waals surface area (Å²) in [7, 11) is 0. The number of fused-ring (bicyclic) bond motifs is 1. The zero-order valence-electron chi connectivity index (χ0n) is 7.40. The molecule has 0 bridgehead atoms. The van der Waals surface area contributed by atoms with Crippen molar-refractivity contribution in [3.8, 4) is 0 Å². The van der Waals surface area contributed by atoms with Crippen LogP contribution in [0.5, 0.6) is 0 Å². The van der Waals surface area contributed by atoms with Crippen LogP contribution in [0.25, 0.3) is 10.9 Å². The van der Waals surface area contributed by atoms with Crippen LogP contribution in [0.4, 0.5) is 0 Å². The maximum absolute atomic E-state index is 11.9. The summed E-state index contributed by atoms with van der Waals surface area (Å²) in [6, 6.07) is 5.67. The first-order valence-electron chi connectivity index (χ1n) is 4.07. The van der Waals surface area contributed by atoms with Gasteiger partial charge in [0.15, 0.2) is 0 Å². The number of H-pyrrole nitrogens is 1. The number of benzene rings is 1. The smallest absolute Gasteiger partial charge is 0.202 e. The van der Waals surface area contributed by atoms with Gasteiger partial charge in [-0.15, -0.1) is 0 Å². The van der Waals surface area contributed by atoms with Crippen molar-refractivity contribution in [2.24, 2.45) is 0 Å². The third-order valence-corrected chi connectivity index (χ3v) is 3.87. The van der Waals surface area contributed by atoms with Gasteiger partial charge in [0.05, 0.1) is 3.57 Å². The number of hydrogen-bond donors (Lipinski definition) is 1. The van der Waals surface area contributed by atoms with Gasteiger partial charge in [0.25, 0.3) is 0 Å². The normalized spacial score (nSPS) is 10.8. The van der Waals surface area contributed by atoms with Gasteiger partial charge in [0.1, 0.15) is 0 Å². The number of aromatic amines is 1. The summed E-state index contributed by atoms with van der Waals surface area (Å²) >= 11 is 5.42. The highest BCUT2D eigenvalue weighted by Crippen LogP contribution is 2.17. The number of nitrogens with one attached hydrogen (secondary N) is 1. The molecule has 0 aliphatic rings. The van der Waals surface area contributed by atoms with E-state index in [2.05, 4.69) is 43.5 Å². The van der Waals surface area contributed by atoms with Gasteiger partial charge < -0.3 is 4.98 Å². The van der Waals surface area contributed by atoms with Crippen LogP contribution in [0.15, 0.2) is 27.5 Å². The van der Waals surface area contributed by atoms with E-state index >= 15 is 0 Å². The van der Waals surface area contributed by atoms with E-state index in [1.165, 1.54) is 0 Å². The van der Waals surface area contributed by atoms with Gasteiger partial charge in [-0.25, -0.2) is 0 Å². The Morgan fingerprint density at radius 2 is 2.14 bits per heavy atom. The Morgan fingerprint density at radius 3 is 2.86 bits per heavy atom. The molecule has 1 N–H and O–H groups in total. The fraction of sp³-hybridized carbons (Fsp3) is 0.100. The molecule has 0 fully saturated rings. The Labute approximate surface area is 103 Å². The van der Waals surface area contributed by atoms with E-state index in [-0.39, 0.29) is 5.43 Å². The minimum absolute atomic E-state index is 0.0955. The van der Waals surface area contributed by atoms with E-state index in [1.54, 1.807) is 0 Å². The molecule has 0 aliphatic carbocycles. The third kappa shape index (κ3) is 1.61. The number of halogens is 2. The van der Waals surface area contributed by atoms with Gasteiger partial charge in [-0.2, -0.15) is 0 Å². The summed E-state index contributed by atoms with van der Waals surface area (Å²) in [5.74, 6) is 0. The molecule has 1 aromatic heterocycles. The molecule has 1 aromatic carbocycles. The second kappa shape index (κ2) is 3.66. The van der Waals surface area contributed by atoms with Crippen LogP contribution < -0.4 is 5.43 Å². The molecule has 2 nitrogen and oxygen atoms in total. The molecule has 0 saturated carbocycles. The SMILES string of the molecule is Cc1[nH]c2ccc(Br)cc2c(=O)c1I. The van der Waals surface area contributed by atoms with Gasteiger partial charge in [0.2, 0.25) is 5.43 Å². The van der Waals surface area contributed by atoms with E-state index in [9.17, 15) is 4.79 Å². The van der Waals surface area contributed by atoms with Gasteiger partial charge in [-0.05, 0) is 47.7 Å². The summed E-state index contributed by atoms with van der Waals surface area (Å²) in [4.78, 5) is 15.1. The Balaban J connectivity index is 2.99. The van der Waals surface area contributed by atoms with Gasteiger partial charge in [-0.3, -0.25) is 4.79 Å². The Morgan fingerprint density at radius 1 is 1.43 bits per heavy atom. The molecule has 2 aromatic rings. The van der Waals surface area contributed by atoms with Crippen molar-refractivity contribution in [3.63, 3.8) is 0 Å². The predicted octanol–water partition coefficient (Wildman–Crippen LogP) is 3.20. The third-order valence-electron chi connectivity index (χ3n) is 2.08.